The lowest BCUT2D eigenvalue weighted by molar-refractivity contribution is -0.0435. The quantitative estimate of drug-likeness (QED) is 0.106. The van der Waals surface area contributed by atoms with Gasteiger partial charge in [-0.25, -0.2) is 21.6 Å². The molecule has 63 heavy (non-hydrogen) atoms. The second-order valence-corrected chi connectivity index (χ2v) is 21.4. The van der Waals surface area contributed by atoms with E-state index in [1.54, 1.807) is 12.1 Å². The van der Waals surface area contributed by atoms with Crippen molar-refractivity contribution in [2.45, 2.75) is 64.3 Å². The molecule has 1 saturated carbocycles. The molecular formula is C45H53ClF3N5O6S3. The molecule has 11 nitrogen and oxygen atoms in total. The molecule has 2 saturated heterocycles. The van der Waals surface area contributed by atoms with Crippen LogP contribution >= 0.6 is 23.4 Å². The summed E-state index contributed by atoms with van der Waals surface area (Å²) >= 11 is 7.61. The number of ether oxygens (including phenoxy) is 1. The molecular weight excluding hydrogens is 895 g/mol. The summed E-state index contributed by atoms with van der Waals surface area (Å²) < 4.78 is 103. The van der Waals surface area contributed by atoms with Gasteiger partial charge in [0.1, 0.15) is 4.90 Å². The van der Waals surface area contributed by atoms with Gasteiger partial charge in [-0.15, -0.1) is 11.8 Å². The van der Waals surface area contributed by atoms with Crippen LogP contribution in [0.4, 0.5) is 24.5 Å². The summed E-state index contributed by atoms with van der Waals surface area (Å²) in [6, 6.07) is 26.0. The Morgan fingerprint density at radius 3 is 2.19 bits per heavy atom. The molecule has 3 fully saturated rings. The molecule has 3 atom stereocenters. The first-order valence-corrected chi connectivity index (χ1v) is 25.6. The molecule has 2 N–H and O–H groups in total. The Hall–Kier alpha value is -3.84. The normalized spacial score (nSPS) is 20.0. The van der Waals surface area contributed by atoms with E-state index in [0.29, 0.717) is 62.9 Å². The Kier molecular flexibility index (Phi) is 15.7. The minimum absolute atomic E-state index is 0.00644. The van der Waals surface area contributed by atoms with Crippen molar-refractivity contribution in [1.82, 2.24) is 14.5 Å². The first-order chi connectivity index (χ1) is 30.2. The van der Waals surface area contributed by atoms with E-state index in [4.69, 9.17) is 16.3 Å². The number of morpholine rings is 1. The van der Waals surface area contributed by atoms with E-state index >= 15 is 0 Å². The number of nitrogens with one attached hydrogen (secondary N) is 2. The van der Waals surface area contributed by atoms with E-state index in [-0.39, 0.29) is 5.56 Å². The zero-order valence-electron chi connectivity index (χ0n) is 34.8. The molecule has 340 valence electrons. The molecule has 0 unspecified atom stereocenters. The van der Waals surface area contributed by atoms with Crippen LogP contribution in [-0.4, -0.2) is 115 Å². The van der Waals surface area contributed by atoms with E-state index < -0.39 is 52.8 Å². The molecule has 18 heteroatoms. The van der Waals surface area contributed by atoms with Gasteiger partial charge in [0.15, 0.2) is 0 Å². The number of amides is 1. The Labute approximate surface area is 377 Å². The molecule has 0 bridgehead atoms. The summed E-state index contributed by atoms with van der Waals surface area (Å²) in [5.41, 5.74) is -3.92. The van der Waals surface area contributed by atoms with Crippen molar-refractivity contribution in [3.05, 3.63) is 113 Å². The molecule has 2 heterocycles. The molecule has 0 radical (unpaired) electrons. The van der Waals surface area contributed by atoms with Gasteiger partial charge < -0.3 is 15.0 Å². The summed E-state index contributed by atoms with van der Waals surface area (Å²) in [4.78, 5) is 19.0. The van der Waals surface area contributed by atoms with Crippen LogP contribution in [0.3, 0.4) is 0 Å². The van der Waals surface area contributed by atoms with E-state index in [0.717, 1.165) is 60.5 Å². The average Bonchev–Trinajstić information content (AvgIpc) is 3.28. The lowest BCUT2D eigenvalue weighted by atomic mass is 9.75. The first-order valence-electron chi connectivity index (χ1n) is 21.3. The predicted octanol–water partition coefficient (Wildman–Crippen LogP) is 8.14. The molecule has 2 aliphatic heterocycles. The van der Waals surface area contributed by atoms with Crippen LogP contribution in [-0.2, 0) is 24.6 Å². The summed E-state index contributed by atoms with van der Waals surface area (Å²) in [6.07, 6.45) is 5.26. The zero-order chi connectivity index (χ0) is 44.6. The van der Waals surface area contributed by atoms with Crippen LogP contribution in [0, 0.1) is 5.92 Å². The fourth-order valence-electron chi connectivity index (χ4n) is 8.59. The van der Waals surface area contributed by atoms with E-state index in [1.807, 2.05) is 47.2 Å². The van der Waals surface area contributed by atoms with Crippen molar-refractivity contribution in [3.8, 4) is 0 Å². The SMILES string of the molecule is O=C(NS(=O)(=O)c1ccc(N[C@H](CCN2CCOCC2)CSc2ccccc2)c(S(=O)(=O)C(F)(F)F)c1)c1ccc(N2CCN(C[C@H]3CCCC[C@@H]3c3ccc(Cl)cc3)CC2)cc1. The number of hydrogen-bond acceptors (Lipinski definition) is 11. The minimum Gasteiger partial charge on any atom is -0.380 e. The fourth-order valence-corrected chi connectivity index (χ4v) is 11.7. The lowest BCUT2D eigenvalue weighted by Gasteiger charge is -2.40. The number of sulfone groups is 1. The number of piperazine rings is 1. The van der Waals surface area contributed by atoms with Gasteiger partial charge >= 0.3 is 5.51 Å². The number of hydrogen-bond donors (Lipinski definition) is 2. The average molecular weight is 949 g/mol. The summed E-state index contributed by atoms with van der Waals surface area (Å²) in [5, 5.41) is 3.73. The van der Waals surface area contributed by atoms with Crippen molar-refractivity contribution in [1.29, 1.82) is 0 Å². The van der Waals surface area contributed by atoms with Crippen LogP contribution in [0.5, 0.6) is 0 Å². The van der Waals surface area contributed by atoms with E-state index in [9.17, 15) is 34.8 Å². The molecule has 4 aromatic rings. The highest BCUT2D eigenvalue weighted by Gasteiger charge is 2.48. The molecule has 1 aliphatic carbocycles. The Morgan fingerprint density at radius 2 is 1.51 bits per heavy atom. The topological polar surface area (TPSA) is 128 Å². The number of carbonyl (C=O) groups is 1. The maximum absolute atomic E-state index is 14.2. The third-order valence-electron chi connectivity index (χ3n) is 12.1. The van der Waals surface area contributed by atoms with Gasteiger partial charge in [0.2, 0.25) is 0 Å². The van der Waals surface area contributed by atoms with Crippen molar-refractivity contribution in [3.63, 3.8) is 0 Å². The molecule has 4 aromatic carbocycles. The number of rotatable bonds is 16. The number of benzene rings is 4. The van der Waals surface area contributed by atoms with Gasteiger partial charge in [-0.2, -0.15) is 13.2 Å². The van der Waals surface area contributed by atoms with Crippen LogP contribution in [0.15, 0.2) is 112 Å². The molecule has 7 rings (SSSR count). The largest absolute Gasteiger partial charge is 0.501 e. The third kappa shape index (κ3) is 12.3. The lowest BCUT2D eigenvalue weighted by Crippen LogP contribution is -2.48. The first kappa shape index (κ1) is 47.1. The van der Waals surface area contributed by atoms with Crippen molar-refractivity contribution >= 4 is 60.5 Å². The van der Waals surface area contributed by atoms with Gasteiger partial charge in [-0.1, -0.05) is 54.8 Å². The zero-order valence-corrected chi connectivity index (χ0v) is 38.0. The number of thioether (sulfide) groups is 1. The van der Waals surface area contributed by atoms with Crippen LogP contribution in [0.2, 0.25) is 5.02 Å². The predicted molar refractivity (Wildman–Crippen MR) is 242 cm³/mol. The van der Waals surface area contributed by atoms with Crippen molar-refractivity contribution < 1.29 is 39.5 Å². The summed E-state index contributed by atoms with van der Waals surface area (Å²) in [7, 11) is -10.9. The Bertz CT molecular complexity index is 2370. The molecule has 3 aliphatic rings. The van der Waals surface area contributed by atoms with Crippen LogP contribution < -0.4 is 14.9 Å². The number of alkyl halides is 3. The monoisotopic (exact) mass is 947 g/mol. The number of halogens is 4. The molecule has 1 amide bonds. The van der Waals surface area contributed by atoms with Gasteiger partial charge in [-0.05, 0) is 103 Å². The highest BCUT2D eigenvalue weighted by Crippen LogP contribution is 2.39. The van der Waals surface area contributed by atoms with Crippen LogP contribution in [0.25, 0.3) is 0 Å². The van der Waals surface area contributed by atoms with E-state index in [1.165, 1.54) is 55.1 Å². The van der Waals surface area contributed by atoms with Gasteiger partial charge in [-0.3, -0.25) is 14.6 Å². The summed E-state index contributed by atoms with van der Waals surface area (Å²) in [6.45, 7) is 7.32. The number of sulfonamides is 1. The smallest absolute Gasteiger partial charge is 0.380 e. The van der Waals surface area contributed by atoms with Crippen molar-refractivity contribution in [2.24, 2.45) is 5.92 Å². The highest BCUT2D eigenvalue weighted by atomic mass is 35.5. The number of carbonyl (C=O) groups excluding carboxylic acids is 1. The molecule has 0 spiro atoms. The standard InChI is InChI=1S/C45H53ClF3N5O6S3/c46-36-14-10-33(11-15-36)41-9-5-4-6-35(41)31-53-22-24-54(25-23-53)38-16-12-34(13-17-38)44(55)51-63(58,59)40-18-19-42(43(30-40)62(56,57)45(47,48)49)50-37(20-21-52-26-28-60-29-27-52)32-61-39-7-2-1-3-8-39/h1-3,7-8,10-19,30,35,37,41,50H,4-6,9,20-29,31-32H2,(H,51,55)/t35-,37-,41-/m1/s1. The molecule has 0 aromatic heterocycles. The minimum atomic E-state index is -6.05. The van der Waals surface area contributed by atoms with Crippen molar-refractivity contribution in [2.75, 3.05) is 81.5 Å². The number of anilines is 2. The number of nitrogens with zero attached hydrogens (tertiary/aromatic N) is 3. The third-order valence-corrected chi connectivity index (χ3v) is 16.4. The Balaban J connectivity index is 1.00. The van der Waals surface area contributed by atoms with Crippen LogP contribution in [0.1, 0.15) is 53.9 Å². The summed E-state index contributed by atoms with van der Waals surface area (Å²) in [5.74, 6) is 0.425. The fraction of sp³-hybridized carbons (Fsp3) is 0.444. The maximum Gasteiger partial charge on any atom is 0.501 e. The highest BCUT2D eigenvalue weighted by molar-refractivity contribution is 7.99. The second kappa shape index (κ2) is 21.0. The van der Waals surface area contributed by atoms with Gasteiger partial charge in [0.25, 0.3) is 25.8 Å². The second-order valence-electron chi connectivity index (χ2n) is 16.3. The Morgan fingerprint density at radius 1 is 0.825 bits per heavy atom. The van der Waals surface area contributed by atoms with Gasteiger partial charge in [0.05, 0.1) is 23.8 Å². The van der Waals surface area contributed by atoms with E-state index in [2.05, 4.69) is 32.1 Å². The maximum atomic E-state index is 14.2. The van der Waals surface area contributed by atoms with Gasteiger partial charge in [0, 0.05) is 85.3 Å².